The van der Waals surface area contributed by atoms with Crippen molar-refractivity contribution in [1.29, 1.82) is 0 Å². The summed E-state index contributed by atoms with van der Waals surface area (Å²) in [6, 6.07) is 0.381. The van der Waals surface area contributed by atoms with E-state index in [0.29, 0.717) is 18.8 Å². The topological polar surface area (TPSA) is 62.7 Å². The van der Waals surface area contributed by atoms with Gasteiger partial charge in [-0.1, -0.05) is 0 Å². The molecule has 2 heterocycles. The molecule has 18 heavy (non-hydrogen) atoms. The third kappa shape index (κ3) is 1.89. The Hall–Kier alpha value is -1.14. The highest BCUT2D eigenvalue weighted by Crippen LogP contribution is 2.35. The predicted molar refractivity (Wildman–Crippen MR) is 68.5 cm³/mol. The maximum absolute atomic E-state index is 11.0. The number of aromatic carboxylic acids is 1. The molecule has 0 aromatic carbocycles. The van der Waals surface area contributed by atoms with Crippen LogP contribution in [0.15, 0.2) is 0 Å². The molecule has 98 valence electrons. The van der Waals surface area contributed by atoms with Gasteiger partial charge in [-0.2, -0.15) is 0 Å². The molecule has 1 saturated heterocycles. The molecule has 1 N–H and O–H groups in total. The molecule has 1 aromatic rings. The maximum atomic E-state index is 11.0. The van der Waals surface area contributed by atoms with E-state index in [1.807, 2.05) is 6.92 Å². The number of hydrogen-bond acceptors (Lipinski definition) is 5. The molecule has 2 atom stereocenters. The molecule has 2 unspecified atom stereocenters. The number of morpholine rings is 1. The van der Waals surface area contributed by atoms with E-state index in [-0.39, 0.29) is 5.69 Å². The van der Waals surface area contributed by atoms with Crippen LogP contribution in [0.5, 0.6) is 0 Å². The van der Waals surface area contributed by atoms with Gasteiger partial charge in [-0.25, -0.2) is 9.78 Å². The largest absolute Gasteiger partial charge is 0.476 e. The average molecular weight is 268 g/mol. The van der Waals surface area contributed by atoms with Crippen LogP contribution in [0.4, 0.5) is 5.13 Å². The summed E-state index contributed by atoms with van der Waals surface area (Å²) in [5, 5.41) is 9.90. The second kappa shape index (κ2) is 4.51. The fourth-order valence-electron chi connectivity index (χ4n) is 2.87. The number of rotatable bonds is 2. The predicted octanol–water partition coefficient (Wildman–Crippen LogP) is 1.91. The maximum Gasteiger partial charge on any atom is 0.355 e. The molecule has 1 aromatic heterocycles. The highest BCUT2D eigenvalue weighted by Gasteiger charge is 2.37. The monoisotopic (exact) mass is 268 g/mol. The summed E-state index contributed by atoms with van der Waals surface area (Å²) in [4.78, 5) is 18.3. The summed E-state index contributed by atoms with van der Waals surface area (Å²) >= 11 is 1.48. The summed E-state index contributed by atoms with van der Waals surface area (Å²) in [6.45, 7) is 3.34. The molecule has 0 radical (unpaired) electrons. The second-order valence-electron chi connectivity index (χ2n) is 4.81. The Bertz CT molecular complexity index is 474. The Kier molecular flexibility index (Phi) is 2.99. The van der Waals surface area contributed by atoms with Gasteiger partial charge >= 0.3 is 5.97 Å². The van der Waals surface area contributed by atoms with Crippen molar-refractivity contribution in [3.05, 3.63) is 10.6 Å². The van der Waals surface area contributed by atoms with Gasteiger partial charge in [-0.15, -0.1) is 11.3 Å². The standard InChI is InChI=1S/C12H16N2O3S/c1-7-10(11(15)16)13-12(18-7)14-5-6-17-9-4-2-3-8(9)14/h8-9H,2-6H2,1H3,(H,15,16). The smallest absolute Gasteiger partial charge is 0.355 e. The highest BCUT2D eigenvalue weighted by atomic mass is 32.1. The first-order chi connectivity index (χ1) is 8.66. The number of carbonyl (C=O) groups is 1. The van der Waals surface area contributed by atoms with Gasteiger partial charge in [-0.05, 0) is 26.2 Å². The second-order valence-corrected chi connectivity index (χ2v) is 5.99. The SMILES string of the molecule is Cc1sc(N2CCOC3CCCC32)nc1C(=O)O. The van der Waals surface area contributed by atoms with E-state index < -0.39 is 5.97 Å². The first kappa shape index (κ1) is 11.9. The summed E-state index contributed by atoms with van der Waals surface area (Å²) < 4.78 is 5.76. The third-order valence-corrected chi connectivity index (χ3v) is 4.72. The molecule has 2 aliphatic rings. The van der Waals surface area contributed by atoms with E-state index in [4.69, 9.17) is 9.84 Å². The van der Waals surface area contributed by atoms with Gasteiger partial charge in [0.2, 0.25) is 0 Å². The van der Waals surface area contributed by atoms with Crippen molar-refractivity contribution >= 4 is 22.4 Å². The summed E-state index contributed by atoms with van der Waals surface area (Å²) in [6.07, 6.45) is 3.71. The Morgan fingerprint density at radius 1 is 1.56 bits per heavy atom. The third-order valence-electron chi connectivity index (χ3n) is 3.72. The molecular formula is C12H16N2O3S. The van der Waals surface area contributed by atoms with Crippen molar-refractivity contribution in [2.75, 3.05) is 18.1 Å². The van der Waals surface area contributed by atoms with Crippen molar-refractivity contribution in [3.8, 4) is 0 Å². The van der Waals surface area contributed by atoms with Crippen molar-refractivity contribution in [2.45, 2.75) is 38.3 Å². The van der Waals surface area contributed by atoms with E-state index in [2.05, 4.69) is 9.88 Å². The fraction of sp³-hybridized carbons (Fsp3) is 0.667. The van der Waals surface area contributed by atoms with Crippen LogP contribution in [-0.2, 0) is 4.74 Å². The Labute approximate surface area is 109 Å². The average Bonchev–Trinajstić information content (AvgIpc) is 2.94. The number of hydrogen-bond donors (Lipinski definition) is 1. The molecule has 3 rings (SSSR count). The highest BCUT2D eigenvalue weighted by molar-refractivity contribution is 7.15. The van der Waals surface area contributed by atoms with Gasteiger partial charge in [-0.3, -0.25) is 0 Å². The minimum absolute atomic E-state index is 0.191. The summed E-state index contributed by atoms with van der Waals surface area (Å²) in [7, 11) is 0. The number of anilines is 1. The van der Waals surface area contributed by atoms with Crippen molar-refractivity contribution in [2.24, 2.45) is 0 Å². The van der Waals surface area contributed by atoms with E-state index in [0.717, 1.165) is 29.4 Å². The van der Waals surface area contributed by atoms with Crippen LogP contribution in [0.2, 0.25) is 0 Å². The van der Waals surface area contributed by atoms with Crippen molar-refractivity contribution in [1.82, 2.24) is 4.98 Å². The van der Waals surface area contributed by atoms with Gasteiger partial charge in [0, 0.05) is 11.4 Å². The number of nitrogens with zero attached hydrogens (tertiary/aromatic N) is 2. The van der Waals surface area contributed by atoms with Gasteiger partial charge in [0.1, 0.15) is 0 Å². The van der Waals surface area contributed by atoms with Crippen LogP contribution >= 0.6 is 11.3 Å². The first-order valence-electron chi connectivity index (χ1n) is 6.26. The van der Waals surface area contributed by atoms with Crippen molar-refractivity contribution < 1.29 is 14.6 Å². The number of thiazole rings is 1. The molecule has 2 fully saturated rings. The zero-order valence-corrected chi connectivity index (χ0v) is 11.1. The minimum atomic E-state index is -0.939. The molecule has 0 bridgehead atoms. The first-order valence-corrected chi connectivity index (χ1v) is 7.07. The Morgan fingerprint density at radius 3 is 3.11 bits per heavy atom. The number of carboxylic acids is 1. The van der Waals surface area contributed by atoms with Crippen LogP contribution in [0.3, 0.4) is 0 Å². The number of ether oxygens (including phenoxy) is 1. The molecule has 1 saturated carbocycles. The van der Waals surface area contributed by atoms with Crippen LogP contribution in [-0.4, -0.2) is 41.4 Å². The Morgan fingerprint density at radius 2 is 2.39 bits per heavy atom. The molecule has 1 aliphatic heterocycles. The molecule has 6 heteroatoms. The van der Waals surface area contributed by atoms with Crippen LogP contribution in [0, 0.1) is 6.92 Å². The lowest BCUT2D eigenvalue weighted by Gasteiger charge is -2.37. The molecule has 5 nitrogen and oxygen atoms in total. The normalized spacial score (nSPS) is 27.3. The molecular weight excluding hydrogens is 252 g/mol. The van der Waals surface area contributed by atoms with Crippen LogP contribution in [0.25, 0.3) is 0 Å². The zero-order chi connectivity index (χ0) is 12.7. The van der Waals surface area contributed by atoms with Crippen molar-refractivity contribution in [3.63, 3.8) is 0 Å². The fourth-order valence-corrected chi connectivity index (χ4v) is 3.85. The van der Waals surface area contributed by atoms with Crippen LogP contribution in [0.1, 0.15) is 34.6 Å². The lowest BCUT2D eigenvalue weighted by molar-refractivity contribution is 0.0256. The van der Waals surface area contributed by atoms with Crippen LogP contribution < -0.4 is 4.90 Å². The van der Waals surface area contributed by atoms with E-state index in [1.54, 1.807) is 0 Å². The molecule has 0 amide bonds. The van der Waals surface area contributed by atoms with E-state index >= 15 is 0 Å². The Balaban J connectivity index is 1.89. The lowest BCUT2D eigenvalue weighted by atomic mass is 10.1. The van der Waals surface area contributed by atoms with Gasteiger partial charge in [0.25, 0.3) is 0 Å². The van der Waals surface area contributed by atoms with E-state index in [1.165, 1.54) is 17.8 Å². The van der Waals surface area contributed by atoms with E-state index in [9.17, 15) is 4.79 Å². The zero-order valence-electron chi connectivity index (χ0n) is 10.3. The van der Waals surface area contributed by atoms with Gasteiger partial charge in [0.05, 0.1) is 18.8 Å². The number of aromatic nitrogens is 1. The number of carboxylic acid groups (broad SMARTS) is 1. The van der Waals surface area contributed by atoms with Gasteiger partial charge < -0.3 is 14.7 Å². The van der Waals surface area contributed by atoms with Gasteiger partial charge in [0.15, 0.2) is 10.8 Å². The molecule has 1 aliphatic carbocycles. The lowest BCUT2D eigenvalue weighted by Crippen LogP contribution is -2.48. The molecule has 0 spiro atoms. The number of aryl methyl sites for hydroxylation is 1. The minimum Gasteiger partial charge on any atom is -0.476 e. The number of fused-ring (bicyclic) bond motifs is 1. The summed E-state index contributed by atoms with van der Waals surface area (Å²) in [5.41, 5.74) is 0.191. The quantitative estimate of drug-likeness (QED) is 0.887. The summed E-state index contributed by atoms with van der Waals surface area (Å²) in [5.74, 6) is -0.939.